The molecule has 0 aliphatic heterocycles. The first-order valence-electron chi connectivity index (χ1n) is 6.79. The van der Waals surface area contributed by atoms with E-state index in [9.17, 15) is 5.11 Å². The molecule has 2 aromatic heterocycles. The molecule has 21 heavy (non-hydrogen) atoms. The van der Waals surface area contributed by atoms with E-state index in [-0.39, 0.29) is 5.88 Å². The van der Waals surface area contributed by atoms with Gasteiger partial charge in [-0.15, -0.1) is 0 Å². The highest BCUT2D eigenvalue weighted by Crippen LogP contribution is 2.34. The molecule has 2 aromatic carbocycles. The maximum absolute atomic E-state index is 10.5. The van der Waals surface area contributed by atoms with Gasteiger partial charge in [-0.25, -0.2) is 0 Å². The third-order valence-corrected chi connectivity index (χ3v) is 4.00. The second kappa shape index (κ2) is 4.06. The molecule has 0 bridgehead atoms. The van der Waals surface area contributed by atoms with Crippen LogP contribution in [0.2, 0.25) is 0 Å². The molecule has 0 saturated heterocycles. The summed E-state index contributed by atoms with van der Waals surface area (Å²) < 4.78 is 3.83. The lowest BCUT2D eigenvalue weighted by Gasteiger charge is -2.06. The first kappa shape index (κ1) is 11.9. The lowest BCUT2D eigenvalue weighted by molar-refractivity contribution is 0.448. The van der Waals surface area contributed by atoms with Gasteiger partial charge < -0.3 is 15.4 Å². The van der Waals surface area contributed by atoms with Gasteiger partial charge in [-0.05, 0) is 29.7 Å². The number of hydrogen-bond acceptors (Lipinski definition) is 2. The van der Waals surface area contributed by atoms with Gasteiger partial charge >= 0.3 is 0 Å². The summed E-state index contributed by atoms with van der Waals surface area (Å²) in [5.74, 6) is 0.177. The van der Waals surface area contributed by atoms with Crippen LogP contribution in [0, 0.1) is 0 Å². The number of rotatable bonds is 1. The Hall–Kier alpha value is -2.88. The molecule has 0 saturated carbocycles. The normalized spacial score (nSPS) is 11.5. The summed E-state index contributed by atoms with van der Waals surface area (Å²) in [6.07, 6.45) is 3.93. The largest absolute Gasteiger partial charge is 0.494 e. The Balaban J connectivity index is 2.01. The number of fused-ring (bicyclic) bond motifs is 2. The molecule has 4 rings (SSSR count). The van der Waals surface area contributed by atoms with Gasteiger partial charge in [0.2, 0.25) is 5.88 Å². The molecule has 3 N–H and O–H groups in total. The van der Waals surface area contributed by atoms with Crippen molar-refractivity contribution in [3.63, 3.8) is 0 Å². The van der Waals surface area contributed by atoms with E-state index in [2.05, 4.69) is 22.8 Å². The van der Waals surface area contributed by atoms with Crippen molar-refractivity contribution in [3.8, 4) is 11.6 Å². The summed E-state index contributed by atoms with van der Waals surface area (Å²) in [6, 6.07) is 13.8. The van der Waals surface area contributed by atoms with E-state index >= 15 is 0 Å². The number of nitrogens with two attached hydrogens (primary N) is 1. The maximum Gasteiger partial charge on any atom is 0.205 e. The van der Waals surface area contributed by atoms with Crippen LogP contribution in [0.25, 0.3) is 27.4 Å². The molecule has 0 unspecified atom stereocenters. The molecule has 4 nitrogen and oxygen atoms in total. The van der Waals surface area contributed by atoms with Crippen LogP contribution >= 0.6 is 0 Å². The van der Waals surface area contributed by atoms with Crippen molar-refractivity contribution in [1.29, 1.82) is 0 Å². The highest BCUT2D eigenvalue weighted by molar-refractivity contribution is 5.98. The Morgan fingerprint density at radius 1 is 1.05 bits per heavy atom. The summed E-state index contributed by atoms with van der Waals surface area (Å²) >= 11 is 0. The van der Waals surface area contributed by atoms with Crippen LogP contribution in [-0.2, 0) is 7.05 Å². The maximum atomic E-state index is 10.5. The Bertz CT molecular complexity index is 978. The van der Waals surface area contributed by atoms with Crippen molar-refractivity contribution in [2.75, 3.05) is 5.73 Å². The van der Waals surface area contributed by atoms with E-state index in [0.29, 0.717) is 11.1 Å². The Kier molecular flexibility index (Phi) is 2.30. The highest BCUT2D eigenvalue weighted by atomic mass is 16.3. The highest BCUT2D eigenvalue weighted by Gasteiger charge is 2.12. The number of hydrogen-bond donors (Lipinski definition) is 2. The predicted molar refractivity (Wildman–Crippen MR) is 85.8 cm³/mol. The minimum absolute atomic E-state index is 0.177. The van der Waals surface area contributed by atoms with Crippen LogP contribution in [0.3, 0.4) is 0 Å². The van der Waals surface area contributed by atoms with Gasteiger partial charge in [0.25, 0.3) is 0 Å². The number of aromatic hydroxyl groups is 1. The van der Waals surface area contributed by atoms with Crippen molar-refractivity contribution in [2.45, 2.75) is 0 Å². The van der Waals surface area contributed by atoms with Crippen LogP contribution in [0.1, 0.15) is 0 Å². The zero-order chi connectivity index (χ0) is 14.6. The molecule has 104 valence electrons. The topological polar surface area (TPSA) is 56.1 Å². The van der Waals surface area contributed by atoms with Crippen molar-refractivity contribution in [1.82, 2.24) is 9.13 Å². The fraction of sp³-hybridized carbons (Fsp3) is 0.0588. The second-order valence-corrected chi connectivity index (χ2v) is 5.30. The van der Waals surface area contributed by atoms with E-state index in [0.717, 1.165) is 16.6 Å². The Morgan fingerprint density at radius 3 is 2.71 bits per heavy atom. The molecule has 0 spiro atoms. The Morgan fingerprint density at radius 2 is 1.90 bits per heavy atom. The van der Waals surface area contributed by atoms with Gasteiger partial charge in [0.15, 0.2) is 0 Å². The quantitative estimate of drug-likeness (QED) is 0.524. The number of anilines is 1. The van der Waals surface area contributed by atoms with Gasteiger partial charge in [-0.3, -0.25) is 4.57 Å². The van der Waals surface area contributed by atoms with E-state index in [1.807, 2.05) is 37.6 Å². The van der Waals surface area contributed by atoms with Crippen molar-refractivity contribution < 1.29 is 5.11 Å². The standard InChI is InChI=1S/C17H15N3O/c1-19-8-7-11-5-6-13(9-15(11)19)20-10-12-3-2-4-14(18)16(12)17(20)21/h2-10,21H,18H2,1H3. The fourth-order valence-electron chi connectivity index (χ4n) is 2.87. The molecule has 0 fully saturated rings. The fourth-order valence-corrected chi connectivity index (χ4v) is 2.87. The first-order chi connectivity index (χ1) is 10.1. The zero-order valence-electron chi connectivity index (χ0n) is 11.6. The molecule has 0 aliphatic carbocycles. The molecule has 0 amide bonds. The van der Waals surface area contributed by atoms with Crippen molar-refractivity contribution in [2.24, 2.45) is 7.05 Å². The summed E-state index contributed by atoms with van der Waals surface area (Å²) in [6.45, 7) is 0. The molecule has 2 heterocycles. The third-order valence-electron chi connectivity index (χ3n) is 4.00. The van der Waals surface area contributed by atoms with Crippen LogP contribution in [-0.4, -0.2) is 14.2 Å². The van der Waals surface area contributed by atoms with Gasteiger partial charge in [0, 0.05) is 36.0 Å². The predicted octanol–water partition coefficient (Wildman–Crippen LogP) is 3.41. The lowest BCUT2D eigenvalue weighted by atomic mass is 10.2. The molecule has 4 heteroatoms. The molecule has 0 radical (unpaired) electrons. The number of nitrogen functional groups attached to an aromatic ring is 1. The Labute approximate surface area is 121 Å². The molecule has 4 aromatic rings. The first-order valence-corrected chi connectivity index (χ1v) is 6.79. The van der Waals surface area contributed by atoms with Crippen LogP contribution in [0.15, 0.2) is 54.9 Å². The zero-order valence-corrected chi connectivity index (χ0v) is 11.6. The van der Waals surface area contributed by atoms with Crippen LogP contribution < -0.4 is 5.73 Å². The third kappa shape index (κ3) is 1.62. The molecule has 0 atom stereocenters. The van der Waals surface area contributed by atoms with Gasteiger partial charge in [0.1, 0.15) is 0 Å². The summed E-state index contributed by atoms with van der Waals surface area (Å²) in [4.78, 5) is 0. The summed E-state index contributed by atoms with van der Waals surface area (Å²) in [5.41, 5.74) is 8.59. The smallest absolute Gasteiger partial charge is 0.205 e. The van der Waals surface area contributed by atoms with Crippen molar-refractivity contribution >= 4 is 27.4 Å². The second-order valence-electron chi connectivity index (χ2n) is 5.30. The van der Waals surface area contributed by atoms with E-state index in [1.54, 1.807) is 10.6 Å². The number of aromatic nitrogens is 2. The number of aryl methyl sites for hydroxylation is 1. The monoisotopic (exact) mass is 277 g/mol. The van der Waals surface area contributed by atoms with Gasteiger partial charge in [0.05, 0.1) is 11.1 Å². The average molecular weight is 277 g/mol. The molecule has 0 aliphatic rings. The SMILES string of the molecule is Cn1ccc2ccc(-n3cc4cccc(N)c4c3O)cc21. The average Bonchev–Trinajstić information content (AvgIpc) is 3.01. The van der Waals surface area contributed by atoms with Crippen LogP contribution in [0.4, 0.5) is 5.69 Å². The lowest BCUT2D eigenvalue weighted by Crippen LogP contribution is -1.92. The number of nitrogens with zero attached hydrogens (tertiary/aromatic N) is 2. The van der Waals surface area contributed by atoms with E-state index in [1.165, 1.54) is 5.39 Å². The molecular weight excluding hydrogens is 262 g/mol. The van der Waals surface area contributed by atoms with Gasteiger partial charge in [-0.2, -0.15) is 0 Å². The van der Waals surface area contributed by atoms with Crippen molar-refractivity contribution in [3.05, 3.63) is 54.9 Å². The summed E-state index contributed by atoms with van der Waals surface area (Å²) in [5, 5.41) is 13.3. The summed E-state index contributed by atoms with van der Waals surface area (Å²) in [7, 11) is 2.01. The van der Waals surface area contributed by atoms with Gasteiger partial charge in [-0.1, -0.05) is 18.2 Å². The number of benzene rings is 2. The molecular formula is C17H15N3O. The van der Waals surface area contributed by atoms with Crippen LogP contribution in [0.5, 0.6) is 5.88 Å². The minimum Gasteiger partial charge on any atom is -0.494 e. The van der Waals surface area contributed by atoms with E-state index in [4.69, 9.17) is 5.73 Å². The van der Waals surface area contributed by atoms with E-state index < -0.39 is 0 Å². The minimum atomic E-state index is 0.177.